The van der Waals surface area contributed by atoms with Gasteiger partial charge in [0.05, 0.1) is 4.88 Å². The highest BCUT2D eigenvalue weighted by atomic mass is 127. The van der Waals surface area contributed by atoms with Crippen molar-refractivity contribution in [3.8, 4) is 10.4 Å². The van der Waals surface area contributed by atoms with Gasteiger partial charge in [-0.3, -0.25) is 4.79 Å². The summed E-state index contributed by atoms with van der Waals surface area (Å²) in [6, 6.07) is 10.2. The van der Waals surface area contributed by atoms with Crippen LogP contribution in [0.25, 0.3) is 10.4 Å². The maximum atomic E-state index is 10.6. The fourth-order valence-corrected chi connectivity index (χ4v) is 2.65. The van der Waals surface area contributed by atoms with Crippen LogP contribution < -0.4 is 0 Å². The van der Waals surface area contributed by atoms with E-state index < -0.39 is 0 Å². The van der Waals surface area contributed by atoms with Gasteiger partial charge in [-0.05, 0) is 58.8 Å². The van der Waals surface area contributed by atoms with E-state index in [-0.39, 0.29) is 0 Å². The average Bonchev–Trinajstić information content (AvgIpc) is 2.70. The summed E-state index contributed by atoms with van der Waals surface area (Å²) in [5.41, 5.74) is 2.47. The van der Waals surface area contributed by atoms with Gasteiger partial charge in [0, 0.05) is 8.45 Å². The van der Waals surface area contributed by atoms with E-state index in [0.717, 1.165) is 16.0 Å². The van der Waals surface area contributed by atoms with Crippen LogP contribution in [0.5, 0.6) is 0 Å². The van der Waals surface area contributed by atoms with Gasteiger partial charge >= 0.3 is 0 Å². The molecule has 1 aromatic carbocycles. The van der Waals surface area contributed by atoms with E-state index >= 15 is 0 Å². The number of aldehydes is 1. The Morgan fingerprint density at radius 1 is 1.27 bits per heavy atom. The van der Waals surface area contributed by atoms with E-state index in [0.29, 0.717) is 0 Å². The first-order chi connectivity index (χ1) is 7.20. The summed E-state index contributed by atoms with van der Waals surface area (Å²) in [7, 11) is 0. The van der Waals surface area contributed by atoms with Gasteiger partial charge in [0.2, 0.25) is 0 Å². The molecular weight excluding hydrogens is 319 g/mol. The zero-order valence-electron chi connectivity index (χ0n) is 8.16. The number of rotatable bonds is 2. The molecule has 0 amide bonds. The van der Waals surface area contributed by atoms with E-state index in [2.05, 4.69) is 47.7 Å². The molecule has 0 saturated carbocycles. The quantitative estimate of drug-likeness (QED) is 0.598. The number of thiophene rings is 1. The summed E-state index contributed by atoms with van der Waals surface area (Å²) in [6.07, 6.45) is 0.896. The molecule has 0 bridgehead atoms. The van der Waals surface area contributed by atoms with Crippen LogP contribution in [0.3, 0.4) is 0 Å². The predicted octanol–water partition coefficient (Wildman–Crippen LogP) is 4.14. The number of carbonyl (C=O) groups is 1. The fourth-order valence-electron chi connectivity index (χ4n) is 1.32. The Bertz CT molecular complexity index is 502. The maximum Gasteiger partial charge on any atom is 0.160 e. The molecule has 0 atom stereocenters. The van der Waals surface area contributed by atoms with Crippen LogP contribution in [-0.4, -0.2) is 6.29 Å². The van der Waals surface area contributed by atoms with Gasteiger partial charge in [-0.15, -0.1) is 11.3 Å². The third kappa shape index (κ3) is 2.29. The summed E-state index contributed by atoms with van der Waals surface area (Å²) in [5.74, 6) is 0. The number of carbonyl (C=O) groups excluding carboxylic acids is 1. The van der Waals surface area contributed by atoms with Gasteiger partial charge < -0.3 is 0 Å². The van der Waals surface area contributed by atoms with Crippen LogP contribution in [0, 0.1) is 10.5 Å². The Kier molecular flexibility index (Phi) is 3.21. The van der Waals surface area contributed by atoms with E-state index in [1.54, 1.807) is 0 Å². The lowest BCUT2D eigenvalue weighted by molar-refractivity contribution is 0.112. The number of hydrogen-bond acceptors (Lipinski definition) is 2. The molecule has 1 heterocycles. The molecule has 15 heavy (non-hydrogen) atoms. The van der Waals surface area contributed by atoms with Crippen molar-refractivity contribution in [2.75, 3.05) is 0 Å². The third-order valence-electron chi connectivity index (χ3n) is 2.20. The fraction of sp³-hybridized carbons (Fsp3) is 0.0833. The number of aryl methyl sites for hydroxylation is 1. The Labute approximate surface area is 106 Å². The Balaban J connectivity index is 2.44. The lowest BCUT2D eigenvalue weighted by Gasteiger charge is -2.01. The Morgan fingerprint density at radius 2 is 2.07 bits per heavy atom. The zero-order chi connectivity index (χ0) is 10.8. The Morgan fingerprint density at radius 3 is 2.67 bits per heavy atom. The second kappa shape index (κ2) is 4.45. The number of hydrogen-bond donors (Lipinski definition) is 0. The monoisotopic (exact) mass is 328 g/mol. The minimum Gasteiger partial charge on any atom is -0.297 e. The molecule has 0 aliphatic rings. The minimum absolute atomic E-state index is 0.778. The van der Waals surface area contributed by atoms with Gasteiger partial charge in [0.15, 0.2) is 6.29 Å². The van der Waals surface area contributed by atoms with Crippen LogP contribution >= 0.6 is 33.9 Å². The molecule has 0 N–H and O–H groups in total. The van der Waals surface area contributed by atoms with Crippen molar-refractivity contribution in [2.24, 2.45) is 0 Å². The number of halogens is 1. The first-order valence-electron chi connectivity index (χ1n) is 4.52. The molecule has 2 rings (SSSR count). The summed E-state index contributed by atoms with van der Waals surface area (Å²) in [4.78, 5) is 12.5. The Hall–Kier alpha value is -0.680. The van der Waals surface area contributed by atoms with Crippen molar-refractivity contribution < 1.29 is 4.79 Å². The van der Waals surface area contributed by atoms with Gasteiger partial charge in [0.1, 0.15) is 0 Å². The minimum atomic E-state index is 0.778. The lowest BCUT2D eigenvalue weighted by atomic mass is 10.1. The van der Waals surface area contributed by atoms with E-state index in [1.165, 1.54) is 26.0 Å². The van der Waals surface area contributed by atoms with Crippen LogP contribution in [0.4, 0.5) is 0 Å². The van der Waals surface area contributed by atoms with E-state index in [4.69, 9.17) is 0 Å². The van der Waals surface area contributed by atoms with E-state index in [9.17, 15) is 4.79 Å². The molecule has 0 aliphatic carbocycles. The second-order valence-electron chi connectivity index (χ2n) is 3.28. The largest absolute Gasteiger partial charge is 0.297 e. The molecule has 0 fully saturated rings. The smallest absolute Gasteiger partial charge is 0.160 e. The number of benzene rings is 1. The molecule has 0 aliphatic heterocycles. The second-order valence-corrected chi connectivity index (χ2v) is 5.56. The summed E-state index contributed by atoms with van der Waals surface area (Å²) in [5, 5.41) is 0. The highest BCUT2D eigenvalue weighted by Gasteiger charge is 2.03. The van der Waals surface area contributed by atoms with Crippen molar-refractivity contribution >= 4 is 40.2 Å². The molecule has 0 saturated heterocycles. The third-order valence-corrected chi connectivity index (χ3v) is 4.42. The van der Waals surface area contributed by atoms with Crippen molar-refractivity contribution in [2.45, 2.75) is 6.92 Å². The average molecular weight is 328 g/mol. The molecule has 76 valence electrons. The SMILES string of the molecule is Cc1ccc(-c2ccc(C=O)s2)cc1I. The van der Waals surface area contributed by atoms with Crippen LogP contribution in [-0.2, 0) is 0 Å². The van der Waals surface area contributed by atoms with E-state index in [1.807, 2.05) is 12.1 Å². The van der Waals surface area contributed by atoms with Gasteiger partial charge in [-0.2, -0.15) is 0 Å². The van der Waals surface area contributed by atoms with Gasteiger partial charge in [-0.1, -0.05) is 12.1 Å². The molecule has 3 heteroatoms. The molecule has 0 radical (unpaired) electrons. The zero-order valence-corrected chi connectivity index (χ0v) is 11.1. The lowest BCUT2D eigenvalue weighted by Crippen LogP contribution is -1.80. The predicted molar refractivity (Wildman–Crippen MR) is 72.6 cm³/mol. The molecule has 0 spiro atoms. The van der Waals surface area contributed by atoms with Gasteiger partial charge in [-0.25, -0.2) is 0 Å². The molecular formula is C12H9IOS. The van der Waals surface area contributed by atoms with Crippen molar-refractivity contribution in [1.82, 2.24) is 0 Å². The molecule has 1 aromatic heterocycles. The van der Waals surface area contributed by atoms with Crippen molar-refractivity contribution in [1.29, 1.82) is 0 Å². The molecule has 0 unspecified atom stereocenters. The summed E-state index contributed by atoms with van der Waals surface area (Å²) >= 11 is 3.86. The van der Waals surface area contributed by atoms with Crippen molar-refractivity contribution in [3.63, 3.8) is 0 Å². The molecule has 1 nitrogen and oxygen atoms in total. The topological polar surface area (TPSA) is 17.1 Å². The van der Waals surface area contributed by atoms with Gasteiger partial charge in [0.25, 0.3) is 0 Å². The van der Waals surface area contributed by atoms with Crippen LogP contribution in [0.2, 0.25) is 0 Å². The first kappa shape index (κ1) is 10.8. The molecule has 2 aromatic rings. The van der Waals surface area contributed by atoms with Crippen LogP contribution in [0.1, 0.15) is 15.2 Å². The highest BCUT2D eigenvalue weighted by Crippen LogP contribution is 2.29. The summed E-state index contributed by atoms with van der Waals surface area (Å²) in [6.45, 7) is 2.09. The standard InChI is InChI=1S/C12H9IOS/c1-8-2-3-9(6-11(8)13)12-5-4-10(7-14)15-12/h2-7H,1H3. The van der Waals surface area contributed by atoms with Crippen LogP contribution in [0.15, 0.2) is 30.3 Å². The highest BCUT2D eigenvalue weighted by molar-refractivity contribution is 14.1. The normalized spacial score (nSPS) is 10.3. The summed E-state index contributed by atoms with van der Waals surface area (Å²) < 4.78 is 1.26. The van der Waals surface area contributed by atoms with Crippen molar-refractivity contribution in [3.05, 3.63) is 44.3 Å². The first-order valence-corrected chi connectivity index (χ1v) is 6.42. The maximum absolute atomic E-state index is 10.6.